The third-order valence-electron chi connectivity index (χ3n) is 2.16. The van der Waals surface area contributed by atoms with Gasteiger partial charge in [-0.1, -0.05) is 0 Å². The highest BCUT2D eigenvalue weighted by Crippen LogP contribution is 2.18. The summed E-state index contributed by atoms with van der Waals surface area (Å²) in [6.07, 6.45) is 1.72. The Bertz CT molecular complexity index is 472. The lowest BCUT2D eigenvalue weighted by Gasteiger charge is -2.18. The number of thiazole rings is 1. The maximum absolute atomic E-state index is 5.78. The fourth-order valence-corrected chi connectivity index (χ4v) is 2.11. The molecule has 6 heteroatoms. The van der Waals surface area contributed by atoms with E-state index in [1.54, 1.807) is 17.5 Å². The molecule has 0 aliphatic carbocycles. The second kappa shape index (κ2) is 4.76. The minimum Gasteiger partial charge on any atom is -0.353 e. The Kier molecular flexibility index (Phi) is 3.36. The molecule has 0 N–H and O–H groups in total. The molecule has 84 valence electrons. The van der Waals surface area contributed by atoms with Crippen molar-refractivity contribution in [2.24, 2.45) is 0 Å². The molecule has 0 aromatic carbocycles. The first-order valence-corrected chi connectivity index (χ1v) is 6.06. The monoisotopic (exact) mass is 254 g/mol. The Morgan fingerprint density at radius 3 is 2.94 bits per heavy atom. The van der Waals surface area contributed by atoms with Crippen LogP contribution in [-0.2, 0) is 6.54 Å². The number of halogens is 1. The van der Waals surface area contributed by atoms with Crippen molar-refractivity contribution < 1.29 is 0 Å². The summed E-state index contributed by atoms with van der Waals surface area (Å²) in [5, 5.41) is 2.29. The van der Waals surface area contributed by atoms with E-state index in [9.17, 15) is 0 Å². The van der Waals surface area contributed by atoms with E-state index in [1.165, 1.54) is 0 Å². The van der Waals surface area contributed by atoms with E-state index < -0.39 is 0 Å². The molecule has 0 radical (unpaired) electrons. The van der Waals surface area contributed by atoms with Crippen LogP contribution in [0.1, 0.15) is 11.3 Å². The molecule has 0 saturated heterocycles. The lowest BCUT2D eigenvalue weighted by atomic mass is 10.3. The van der Waals surface area contributed by atoms with Gasteiger partial charge < -0.3 is 4.90 Å². The summed E-state index contributed by atoms with van der Waals surface area (Å²) < 4.78 is 0. The molecule has 2 heterocycles. The van der Waals surface area contributed by atoms with E-state index >= 15 is 0 Å². The zero-order valence-electron chi connectivity index (χ0n) is 9.01. The topological polar surface area (TPSA) is 41.9 Å². The van der Waals surface area contributed by atoms with Gasteiger partial charge in [0.2, 0.25) is 5.28 Å². The van der Waals surface area contributed by atoms with Crippen LogP contribution in [0.3, 0.4) is 0 Å². The van der Waals surface area contributed by atoms with Crippen LogP contribution in [-0.4, -0.2) is 22.0 Å². The highest BCUT2D eigenvalue weighted by molar-refractivity contribution is 7.07. The fourth-order valence-electron chi connectivity index (χ4n) is 1.43. The zero-order valence-corrected chi connectivity index (χ0v) is 10.6. The molecule has 0 saturated carbocycles. The van der Waals surface area contributed by atoms with Crippen molar-refractivity contribution in [2.45, 2.75) is 13.5 Å². The standard InChI is InChI=1S/C10H11ClN4S/c1-7-3-12-10(11)14-9(7)15(2)4-8-5-16-6-13-8/h3,5-6H,4H2,1-2H3. The van der Waals surface area contributed by atoms with Gasteiger partial charge in [-0.3, -0.25) is 0 Å². The van der Waals surface area contributed by atoms with Crippen LogP contribution < -0.4 is 4.90 Å². The average Bonchev–Trinajstić information content (AvgIpc) is 2.74. The second-order valence-corrected chi connectivity index (χ2v) is 4.54. The Hall–Kier alpha value is -1.20. The largest absolute Gasteiger partial charge is 0.353 e. The number of rotatable bonds is 3. The van der Waals surface area contributed by atoms with Crippen molar-refractivity contribution in [3.8, 4) is 0 Å². The van der Waals surface area contributed by atoms with Gasteiger partial charge in [0, 0.05) is 24.2 Å². The van der Waals surface area contributed by atoms with Gasteiger partial charge in [-0.15, -0.1) is 11.3 Å². The third-order valence-corrected chi connectivity index (χ3v) is 2.98. The van der Waals surface area contributed by atoms with Gasteiger partial charge in [-0.2, -0.15) is 0 Å². The smallest absolute Gasteiger partial charge is 0.224 e. The predicted octanol–water partition coefficient (Wildman–Crippen LogP) is 2.53. The van der Waals surface area contributed by atoms with Crippen molar-refractivity contribution in [2.75, 3.05) is 11.9 Å². The molecule has 0 spiro atoms. The molecule has 16 heavy (non-hydrogen) atoms. The lowest BCUT2D eigenvalue weighted by molar-refractivity contribution is 0.861. The van der Waals surface area contributed by atoms with E-state index in [2.05, 4.69) is 15.0 Å². The molecule has 2 aromatic heterocycles. The molecule has 0 atom stereocenters. The summed E-state index contributed by atoms with van der Waals surface area (Å²) in [6, 6.07) is 0. The highest BCUT2D eigenvalue weighted by atomic mass is 35.5. The number of aryl methyl sites for hydroxylation is 1. The van der Waals surface area contributed by atoms with Gasteiger partial charge in [0.1, 0.15) is 5.82 Å². The van der Waals surface area contributed by atoms with Crippen molar-refractivity contribution in [1.82, 2.24) is 15.0 Å². The number of nitrogens with zero attached hydrogens (tertiary/aromatic N) is 4. The van der Waals surface area contributed by atoms with Gasteiger partial charge >= 0.3 is 0 Å². The van der Waals surface area contributed by atoms with Gasteiger partial charge in [-0.05, 0) is 18.5 Å². The third kappa shape index (κ3) is 2.48. The van der Waals surface area contributed by atoms with Crippen LogP contribution in [0.5, 0.6) is 0 Å². The van der Waals surface area contributed by atoms with Crippen LogP contribution in [0.15, 0.2) is 17.1 Å². The number of aromatic nitrogens is 3. The molecule has 0 bridgehead atoms. The van der Waals surface area contributed by atoms with Gasteiger partial charge in [0.25, 0.3) is 0 Å². The number of hydrogen-bond donors (Lipinski definition) is 0. The number of hydrogen-bond acceptors (Lipinski definition) is 5. The summed E-state index contributed by atoms with van der Waals surface area (Å²) in [6.45, 7) is 2.68. The summed E-state index contributed by atoms with van der Waals surface area (Å²) in [5.41, 5.74) is 3.85. The molecule has 2 aromatic rings. The summed E-state index contributed by atoms with van der Waals surface area (Å²) >= 11 is 7.37. The minimum atomic E-state index is 0.269. The van der Waals surface area contributed by atoms with Crippen LogP contribution in [0.25, 0.3) is 0 Å². The summed E-state index contributed by atoms with van der Waals surface area (Å²) in [7, 11) is 1.96. The normalized spacial score (nSPS) is 10.4. The minimum absolute atomic E-state index is 0.269. The molecular weight excluding hydrogens is 244 g/mol. The molecule has 0 fully saturated rings. The van der Waals surface area contributed by atoms with Crippen LogP contribution in [0.2, 0.25) is 5.28 Å². The van der Waals surface area contributed by atoms with Crippen LogP contribution in [0, 0.1) is 6.92 Å². The molecule has 0 aliphatic heterocycles. The first kappa shape index (κ1) is 11.3. The summed E-state index contributed by atoms with van der Waals surface area (Å²) in [5.74, 6) is 0.841. The Labute approximate surface area is 103 Å². The molecular formula is C10H11ClN4S. The van der Waals surface area contributed by atoms with Crippen molar-refractivity contribution in [1.29, 1.82) is 0 Å². The van der Waals surface area contributed by atoms with Crippen molar-refractivity contribution in [3.05, 3.63) is 33.6 Å². The van der Waals surface area contributed by atoms with Crippen LogP contribution >= 0.6 is 22.9 Å². The quantitative estimate of drug-likeness (QED) is 0.790. The van der Waals surface area contributed by atoms with Crippen LogP contribution in [0.4, 0.5) is 5.82 Å². The number of anilines is 1. The van der Waals surface area contributed by atoms with Crippen molar-refractivity contribution in [3.63, 3.8) is 0 Å². The van der Waals surface area contributed by atoms with E-state index in [0.29, 0.717) is 0 Å². The maximum atomic E-state index is 5.78. The molecule has 0 aliphatic rings. The second-order valence-electron chi connectivity index (χ2n) is 3.48. The van der Waals surface area contributed by atoms with Crippen molar-refractivity contribution >= 4 is 28.8 Å². The Morgan fingerprint density at radius 1 is 1.44 bits per heavy atom. The van der Waals surface area contributed by atoms with E-state index in [1.807, 2.05) is 29.8 Å². The molecule has 4 nitrogen and oxygen atoms in total. The molecule has 2 rings (SSSR count). The lowest BCUT2D eigenvalue weighted by Crippen LogP contribution is -2.19. The van der Waals surface area contributed by atoms with E-state index in [-0.39, 0.29) is 5.28 Å². The predicted molar refractivity (Wildman–Crippen MR) is 66.0 cm³/mol. The van der Waals surface area contributed by atoms with E-state index in [4.69, 9.17) is 11.6 Å². The fraction of sp³-hybridized carbons (Fsp3) is 0.300. The first-order valence-electron chi connectivity index (χ1n) is 4.74. The van der Waals surface area contributed by atoms with Gasteiger partial charge in [-0.25, -0.2) is 15.0 Å². The molecule has 0 unspecified atom stereocenters. The maximum Gasteiger partial charge on any atom is 0.224 e. The SMILES string of the molecule is Cc1cnc(Cl)nc1N(C)Cc1cscn1. The summed E-state index contributed by atoms with van der Waals surface area (Å²) in [4.78, 5) is 14.4. The van der Waals surface area contributed by atoms with Gasteiger partial charge in [0.15, 0.2) is 0 Å². The Morgan fingerprint density at radius 2 is 2.25 bits per heavy atom. The Balaban J connectivity index is 2.20. The first-order chi connectivity index (χ1) is 7.66. The van der Waals surface area contributed by atoms with Gasteiger partial charge in [0.05, 0.1) is 17.7 Å². The molecule has 0 amide bonds. The van der Waals surface area contributed by atoms with E-state index in [0.717, 1.165) is 23.6 Å². The highest BCUT2D eigenvalue weighted by Gasteiger charge is 2.09. The zero-order chi connectivity index (χ0) is 11.5. The average molecular weight is 255 g/mol.